The average Bonchev–Trinajstić information content (AvgIpc) is 2.81. The number of rotatable bonds is 5. The van der Waals surface area contributed by atoms with Crippen LogP contribution in [0.4, 0.5) is 8.78 Å². The zero-order valence-electron chi connectivity index (χ0n) is 11.6. The van der Waals surface area contributed by atoms with Crippen LogP contribution in [-0.4, -0.2) is 28.6 Å². The lowest BCUT2D eigenvalue weighted by molar-refractivity contribution is 0.0837. The number of hydrogen-bond acceptors (Lipinski definition) is 3. The normalized spacial score (nSPS) is 14.2. The second-order valence-corrected chi connectivity index (χ2v) is 5.14. The predicted molar refractivity (Wildman–Crippen MR) is 74.1 cm³/mol. The molecule has 0 amide bonds. The number of benzene rings is 1. The third-order valence-corrected chi connectivity index (χ3v) is 3.52. The second-order valence-electron chi connectivity index (χ2n) is 4.73. The molecule has 0 aliphatic rings. The number of halogens is 3. The molecule has 4 nitrogen and oxygen atoms in total. The standard InChI is InChI=1S/C14H15ClF2N2O2/c1-14(20,9-4-3-5-11(16)12(9)17)13-10(15)8-18-19(13)6-7-21-2/h3-5,8,20H,6-7H2,1-2H3. The Morgan fingerprint density at radius 3 is 2.81 bits per heavy atom. The van der Waals surface area contributed by atoms with Gasteiger partial charge < -0.3 is 9.84 Å². The Morgan fingerprint density at radius 2 is 2.14 bits per heavy atom. The molecule has 1 aromatic carbocycles. The molecule has 0 radical (unpaired) electrons. The third-order valence-electron chi connectivity index (χ3n) is 3.24. The zero-order chi connectivity index (χ0) is 15.6. The van der Waals surface area contributed by atoms with Gasteiger partial charge in [0.2, 0.25) is 0 Å². The fraction of sp³-hybridized carbons (Fsp3) is 0.357. The van der Waals surface area contributed by atoms with Crippen molar-refractivity contribution >= 4 is 11.6 Å². The van der Waals surface area contributed by atoms with Gasteiger partial charge in [-0.25, -0.2) is 8.78 Å². The molecule has 1 aromatic heterocycles. The van der Waals surface area contributed by atoms with Crippen LogP contribution in [0.1, 0.15) is 18.2 Å². The zero-order valence-corrected chi connectivity index (χ0v) is 12.4. The van der Waals surface area contributed by atoms with Gasteiger partial charge >= 0.3 is 0 Å². The number of aliphatic hydroxyl groups is 1. The van der Waals surface area contributed by atoms with Crippen LogP contribution in [0.5, 0.6) is 0 Å². The number of hydrogen-bond donors (Lipinski definition) is 1. The first-order valence-corrected chi connectivity index (χ1v) is 6.65. The van der Waals surface area contributed by atoms with Crippen LogP contribution in [0.25, 0.3) is 0 Å². The van der Waals surface area contributed by atoms with Gasteiger partial charge in [0, 0.05) is 12.7 Å². The highest BCUT2D eigenvalue weighted by molar-refractivity contribution is 6.31. The van der Waals surface area contributed by atoms with Gasteiger partial charge in [-0.3, -0.25) is 4.68 Å². The van der Waals surface area contributed by atoms with E-state index < -0.39 is 17.2 Å². The Balaban J connectivity index is 2.53. The van der Waals surface area contributed by atoms with Crippen molar-refractivity contribution in [3.63, 3.8) is 0 Å². The maximum atomic E-state index is 14.0. The Morgan fingerprint density at radius 1 is 1.43 bits per heavy atom. The minimum absolute atomic E-state index is 0.166. The quantitative estimate of drug-likeness (QED) is 0.922. The minimum Gasteiger partial charge on any atom is -0.383 e. The summed E-state index contributed by atoms with van der Waals surface area (Å²) in [5.41, 5.74) is -1.85. The topological polar surface area (TPSA) is 47.3 Å². The number of aromatic nitrogens is 2. The van der Waals surface area contributed by atoms with E-state index in [0.29, 0.717) is 13.2 Å². The first-order valence-electron chi connectivity index (χ1n) is 6.27. The Kier molecular flexibility index (Phi) is 4.61. The van der Waals surface area contributed by atoms with Gasteiger partial charge in [-0.2, -0.15) is 5.10 Å². The second kappa shape index (κ2) is 6.09. The van der Waals surface area contributed by atoms with Gasteiger partial charge in [0.25, 0.3) is 0 Å². The van der Waals surface area contributed by atoms with Gasteiger partial charge in [-0.05, 0) is 13.0 Å². The summed E-state index contributed by atoms with van der Waals surface area (Å²) in [6.07, 6.45) is 1.35. The van der Waals surface area contributed by atoms with E-state index >= 15 is 0 Å². The molecule has 114 valence electrons. The fourth-order valence-corrected chi connectivity index (χ4v) is 2.53. The minimum atomic E-state index is -1.83. The van der Waals surface area contributed by atoms with Crippen LogP contribution < -0.4 is 0 Å². The largest absolute Gasteiger partial charge is 0.383 e. The van der Waals surface area contributed by atoms with Crippen LogP contribution in [0.15, 0.2) is 24.4 Å². The molecule has 0 bridgehead atoms. The molecular weight excluding hydrogens is 302 g/mol. The maximum Gasteiger partial charge on any atom is 0.165 e. The Hall–Kier alpha value is -1.50. The SMILES string of the molecule is COCCn1ncc(Cl)c1C(C)(O)c1cccc(F)c1F. The third kappa shape index (κ3) is 2.92. The van der Waals surface area contributed by atoms with Crippen LogP contribution in [0, 0.1) is 11.6 Å². The van der Waals surface area contributed by atoms with Gasteiger partial charge in [-0.15, -0.1) is 0 Å². The summed E-state index contributed by atoms with van der Waals surface area (Å²) >= 11 is 6.05. The van der Waals surface area contributed by atoms with Crippen molar-refractivity contribution in [3.05, 3.63) is 52.3 Å². The van der Waals surface area contributed by atoms with E-state index in [1.807, 2.05) is 0 Å². The molecule has 1 unspecified atom stereocenters. The Labute approximate surface area is 125 Å². The summed E-state index contributed by atoms with van der Waals surface area (Å²) in [6.45, 7) is 2.01. The first-order chi connectivity index (χ1) is 9.89. The van der Waals surface area contributed by atoms with Crippen molar-refractivity contribution in [2.45, 2.75) is 19.1 Å². The fourth-order valence-electron chi connectivity index (χ4n) is 2.20. The maximum absolute atomic E-state index is 14.0. The Bertz CT molecular complexity index is 644. The molecule has 0 aliphatic carbocycles. The molecule has 0 aliphatic heterocycles. The molecule has 1 heterocycles. The molecule has 21 heavy (non-hydrogen) atoms. The molecule has 0 spiro atoms. The van der Waals surface area contributed by atoms with Crippen LogP contribution in [-0.2, 0) is 16.9 Å². The van der Waals surface area contributed by atoms with Crippen molar-refractivity contribution in [2.24, 2.45) is 0 Å². The van der Waals surface area contributed by atoms with Crippen molar-refractivity contribution in [1.29, 1.82) is 0 Å². The van der Waals surface area contributed by atoms with E-state index in [0.717, 1.165) is 6.07 Å². The van der Waals surface area contributed by atoms with E-state index in [1.165, 1.54) is 37.0 Å². The van der Waals surface area contributed by atoms with E-state index in [2.05, 4.69) is 5.10 Å². The van der Waals surface area contributed by atoms with E-state index in [9.17, 15) is 13.9 Å². The summed E-state index contributed by atoms with van der Waals surface area (Å²) in [7, 11) is 1.52. The van der Waals surface area contributed by atoms with Crippen LogP contribution in [0.3, 0.4) is 0 Å². The van der Waals surface area contributed by atoms with Crippen LogP contribution >= 0.6 is 11.6 Å². The van der Waals surface area contributed by atoms with Crippen molar-refractivity contribution in [3.8, 4) is 0 Å². The van der Waals surface area contributed by atoms with Gasteiger partial charge in [0.05, 0.1) is 30.1 Å². The highest BCUT2D eigenvalue weighted by atomic mass is 35.5. The van der Waals surface area contributed by atoms with Crippen LogP contribution in [0.2, 0.25) is 5.02 Å². The number of ether oxygens (including phenoxy) is 1. The monoisotopic (exact) mass is 316 g/mol. The summed E-state index contributed by atoms with van der Waals surface area (Å²) < 4.78 is 33.7. The number of methoxy groups -OCH3 is 1. The first kappa shape index (κ1) is 15.9. The van der Waals surface area contributed by atoms with Crippen molar-refractivity contribution in [1.82, 2.24) is 9.78 Å². The summed E-state index contributed by atoms with van der Waals surface area (Å²) in [4.78, 5) is 0. The molecule has 1 atom stereocenters. The molecule has 2 aromatic rings. The smallest absolute Gasteiger partial charge is 0.165 e. The van der Waals surface area contributed by atoms with Crippen molar-refractivity contribution < 1.29 is 18.6 Å². The lowest BCUT2D eigenvalue weighted by Gasteiger charge is -2.26. The summed E-state index contributed by atoms with van der Waals surface area (Å²) in [6, 6.07) is 3.62. The van der Waals surface area contributed by atoms with Gasteiger partial charge in [-0.1, -0.05) is 23.7 Å². The lowest BCUT2D eigenvalue weighted by Crippen LogP contribution is -2.29. The molecular formula is C14H15ClF2N2O2. The average molecular weight is 317 g/mol. The highest BCUT2D eigenvalue weighted by Gasteiger charge is 2.35. The van der Waals surface area contributed by atoms with E-state index in [1.54, 1.807) is 0 Å². The lowest BCUT2D eigenvalue weighted by atomic mass is 9.91. The molecule has 0 saturated carbocycles. The summed E-state index contributed by atoms with van der Waals surface area (Å²) in [5, 5.41) is 14.9. The van der Waals surface area contributed by atoms with Crippen molar-refractivity contribution in [2.75, 3.05) is 13.7 Å². The molecule has 7 heteroatoms. The van der Waals surface area contributed by atoms with E-state index in [4.69, 9.17) is 16.3 Å². The molecule has 0 fully saturated rings. The summed E-state index contributed by atoms with van der Waals surface area (Å²) in [5.74, 6) is -2.15. The number of nitrogens with zero attached hydrogens (tertiary/aromatic N) is 2. The molecule has 0 saturated heterocycles. The predicted octanol–water partition coefficient (Wildman–Crippen LogP) is 2.72. The molecule has 1 N–H and O–H groups in total. The van der Waals surface area contributed by atoms with E-state index in [-0.39, 0.29) is 16.3 Å². The van der Waals surface area contributed by atoms with Gasteiger partial charge in [0.15, 0.2) is 11.6 Å². The highest BCUT2D eigenvalue weighted by Crippen LogP contribution is 2.35. The molecule has 2 rings (SSSR count). The van der Waals surface area contributed by atoms with Gasteiger partial charge in [0.1, 0.15) is 5.60 Å².